The SMILES string of the molecule is C[C@@H](O)c1ccc2c(c1)ncn2-c1cccc(-c2c(F)ccc(Cl)c2F)c1. The van der Waals surface area contributed by atoms with E-state index in [2.05, 4.69) is 4.98 Å². The number of aliphatic hydroxyl groups is 1. The molecule has 0 saturated carbocycles. The number of benzene rings is 3. The van der Waals surface area contributed by atoms with Gasteiger partial charge in [0, 0.05) is 5.69 Å². The zero-order valence-electron chi connectivity index (χ0n) is 14.3. The minimum absolute atomic E-state index is 0.129. The van der Waals surface area contributed by atoms with Gasteiger partial charge in [0.2, 0.25) is 0 Å². The van der Waals surface area contributed by atoms with Crippen LogP contribution in [0.4, 0.5) is 8.78 Å². The average molecular weight is 385 g/mol. The van der Waals surface area contributed by atoms with E-state index < -0.39 is 17.7 Å². The van der Waals surface area contributed by atoms with Crippen LogP contribution in [0.2, 0.25) is 5.02 Å². The monoisotopic (exact) mass is 384 g/mol. The summed E-state index contributed by atoms with van der Waals surface area (Å²) in [4.78, 5) is 4.37. The number of nitrogens with zero attached hydrogens (tertiary/aromatic N) is 2. The second-order valence-corrected chi connectivity index (χ2v) is 6.71. The van der Waals surface area contributed by atoms with Gasteiger partial charge in [0.05, 0.1) is 27.7 Å². The summed E-state index contributed by atoms with van der Waals surface area (Å²) >= 11 is 5.82. The fourth-order valence-electron chi connectivity index (χ4n) is 3.10. The number of fused-ring (bicyclic) bond motifs is 1. The third-order valence-electron chi connectivity index (χ3n) is 4.51. The van der Waals surface area contributed by atoms with Gasteiger partial charge in [-0.1, -0.05) is 29.8 Å². The van der Waals surface area contributed by atoms with Gasteiger partial charge in [-0.2, -0.15) is 0 Å². The lowest BCUT2D eigenvalue weighted by atomic mass is 10.0. The van der Waals surface area contributed by atoms with Crippen LogP contribution in [0.25, 0.3) is 27.8 Å². The molecule has 0 aliphatic rings. The van der Waals surface area contributed by atoms with Crippen molar-refractivity contribution in [2.24, 2.45) is 0 Å². The molecule has 4 rings (SSSR count). The van der Waals surface area contributed by atoms with Gasteiger partial charge in [-0.05, 0) is 54.4 Å². The quantitative estimate of drug-likeness (QED) is 0.461. The third-order valence-corrected chi connectivity index (χ3v) is 4.80. The highest BCUT2D eigenvalue weighted by atomic mass is 35.5. The van der Waals surface area contributed by atoms with Crippen molar-refractivity contribution >= 4 is 22.6 Å². The van der Waals surface area contributed by atoms with E-state index in [1.54, 1.807) is 31.5 Å². The Hall–Kier alpha value is -2.76. The molecule has 0 aliphatic heterocycles. The van der Waals surface area contributed by atoms with Crippen LogP contribution in [0, 0.1) is 11.6 Å². The maximum atomic E-state index is 14.4. The van der Waals surface area contributed by atoms with Crippen molar-refractivity contribution in [1.82, 2.24) is 9.55 Å². The van der Waals surface area contributed by atoms with Crippen LogP contribution in [-0.2, 0) is 0 Å². The lowest BCUT2D eigenvalue weighted by Crippen LogP contribution is -1.96. The number of aromatic nitrogens is 2. The molecule has 1 aromatic heterocycles. The molecule has 6 heteroatoms. The average Bonchev–Trinajstić information content (AvgIpc) is 3.08. The molecule has 0 amide bonds. The predicted molar refractivity (Wildman–Crippen MR) is 102 cm³/mol. The zero-order chi connectivity index (χ0) is 19.1. The molecule has 1 heterocycles. The number of aliphatic hydroxyl groups excluding tert-OH is 1. The minimum atomic E-state index is -0.786. The van der Waals surface area contributed by atoms with Crippen LogP contribution >= 0.6 is 11.6 Å². The largest absolute Gasteiger partial charge is 0.389 e. The Kier molecular flexibility index (Phi) is 4.42. The van der Waals surface area contributed by atoms with Gasteiger partial charge in [0.15, 0.2) is 5.82 Å². The highest BCUT2D eigenvalue weighted by Crippen LogP contribution is 2.32. The van der Waals surface area contributed by atoms with Crippen molar-refractivity contribution in [2.45, 2.75) is 13.0 Å². The minimum Gasteiger partial charge on any atom is -0.389 e. The van der Waals surface area contributed by atoms with Gasteiger partial charge in [-0.25, -0.2) is 13.8 Å². The maximum Gasteiger partial charge on any atom is 0.152 e. The first kappa shape index (κ1) is 17.6. The molecule has 0 unspecified atom stereocenters. The Bertz CT molecular complexity index is 1150. The summed E-state index contributed by atoms with van der Waals surface area (Å²) in [5.41, 5.74) is 3.24. The van der Waals surface area contributed by atoms with Crippen molar-refractivity contribution in [2.75, 3.05) is 0 Å². The summed E-state index contributed by atoms with van der Waals surface area (Å²) in [5.74, 6) is -1.46. The van der Waals surface area contributed by atoms with Gasteiger partial charge in [-0.3, -0.25) is 4.57 Å². The van der Waals surface area contributed by atoms with E-state index in [4.69, 9.17) is 11.6 Å². The molecule has 0 spiro atoms. The summed E-state index contributed by atoms with van der Waals surface area (Å²) < 4.78 is 30.4. The van der Waals surface area contributed by atoms with Crippen LogP contribution in [0.1, 0.15) is 18.6 Å². The van der Waals surface area contributed by atoms with E-state index in [9.17, 15) is 13.9 Å². The van der Waals surface area contributed by atoms with E-state index >= 15 is 0 Å². The Morgan fingerprint density at radius 2 is 1.89 bits per heavy atom. The molecule has 0 saturated heterocycles. The van der Waals surface area contributed by atoms with Crippen LogP contribution in [0.5, 0.6) is 0 Å². The Morgan fingerprint density at radius 1 is 1.07 bits per heavy atom. The Labute approximate surface area is 159 Å². The normalized spacial score (nSPS) is 12.5. The molecule has 27 heavy (non-hydrogen) atoms. The number of hydrogen-bond donors (Lipinski definition) is 1. The van der Waals surface area contributed by atoms with Crippen molar-refractivity contribution in [3.05, 3.63) is 83.1 Å². The van der Waals surface area contributed by atoms with Crippen molar-refractivity contribution in [1.29, 1.82) is 0 Å². The summed E-state index contributed by atoms with van der Waals surface area (Å²) in [6, 6.07) is 14.7. The molecular weight excluding hydrogens is 370 g/mol. The van der Waals surface area contributed by atoms with Crippen molar-refractivity contribution in [3.8, 4) is 16.8 Å². The second-order valence-electron chi connectivity index (χ2n) is 6.31. The first-order valence-corrected chi connectivity index (χ1v) is 8.73. The first-order chi connectivity index (χ1) is 13.0. The van der Waals surface area contributed by atoms with Crippen LogP contribution < -0.4 is 0 Å². The fraction of sp³-hybridized carbons (Fsp3) is 0.0952. The van der Waals surface area contributed by atoms with E-state index in [-0.39, 0.29) is 10.6 Å². The van der Waals surface area contributed by atoms with Gasteiger partial charge in [0.25, 0.3) is 0 Å². The highest BCUT2D eigenvalue weighted by Gasteiger charge is 2.16. The summed E-state index contributed by atoms with van der Waals surface area (Å²) in [6.45, 7) is 1.69. The lowest BCUT2D eigenvalue weighted by molar-refractivity contribution is 0.199. The van der Waals surface area contributed by atoms with Crippen LogP contribution in [0.15, 0.2) is 60.9 Å². The topological polar surface area (TPSA) is 38.1 Å². The van der Waals surface area contributed by atoms with Crippen LogP contribution in [0.3, 0.4) is 0 Å². The molecule has 3 aromatic carbocycles. The summed E-state index contributed by atoms with van der Waals surface area (Å²) in [7, 11) is 0. The van der Waals surface area contributed by atoms with Gasteiger partial charge >= 0.3 is 0 Å². The predicted octanol–water partition coefficient (Wildman–Crippen LogP) is 5.68. The molecule has 0 fully saturated rings. The number of hydrogen-bond acceptors (Lipinski definition) is 2. The molecule has 1 atom stereocenters. The molecule has 0 bridgehead atoms. The molecular formula is C21H15ClF2N2O. The van der Waals surface area contributed by atoms with E-state index in [0.29, 0.717) is 11.3 Å². The molecule has 136 valence electrons. The second kappa shape index (κ2) is 6.76. The van der Waals surface area contributed by atoms with Crippen LogP contribution in [-0.4, -0.2) is 14.7 Å². The first-order valence-electron chi connectivity index (χ1n) is 8.35. The standard InChI is InChI=1S/C21H15ClF2N2O/c1-12(27)13-5-8-19-18(10-13)25-11-26(19)15-4-2-3-14(9-15)20-17(23)7-6-16(22)21(20)24/h2-12,27H,1H3/t12-/m1/s1. The molecule has 4 aromatic rings. The number of rotatable bonds is 3. The number of imidazole rings is 1. The maximum absolute atomic E-state index is 14.4. The Morgan fingerprint density at radius 3 is 2.67 bits per heavy atom. The zero-order valence-corrected chi connectivity index (χ0v) is 15.1. The van der Waals surface area contributed by atoms with Crippen molar-refractivity contribution < 1.29 is 13.9 Å². The lowest BCUT2D eigenvalue weighted by Gasteiger charge is -2.10. The third kappa shape index (κ3) is 3.09. The molecule has 1 N–H and O–H groups in total. The van der Waals surface area contributed by atoms with Gasteiger partial charge in [0.1, 0.15) is 12.1 Å². The van der Waals surface area contributed by atoms with Gasteiger partial charge in [-0.15, -0.1) is 0 Å². The van der Waals surface area contributed by atoms with E-state index in [1.807, 2.05) is 28.8 Å². The molecule has 0 aliphatic carbocycles. The van der Waals surface area contributed by atoms with Gasteiger partial charge < -0.3 is 5.11 Å². The highest BCUT2D eigenvalue weighted by molar-refractivity contribution is 6.31. The van der Waals surface area contributed by atoms with E-state index in [1.165, 1.54) is 6.07 Å². The molecule has 3 nitrogen and oxygen atoms in total. The smallest absolute Gasteiger partial charge is 0.152 e. The Balaban J connectivity index is 1.85. The van der Waals surface area contributed by atoms with Crippen molar-refractivity contribution in [3.63, 3.8) is 0 Å². The van der Waals surface area contributed by atoms with E-state index in [0.717, 1.165) is 22.7 Å². The molecule has 0 radical (unpaired) electrons. The summed E-state index contributed by atoms with van der Waals surface area (Å²) in [6.07, 6.45) is 1.05. The number of halogens is 3. The summed E-state index contributed by atoms with van der Waals surface area (Å²) in [5, 5.41) is 9.60. The fourth-order valence-corrected chi connectivity index (χ4v) is 3.26.